The molecule has 18 heavy (non-hydrogen) atoms. The van der Waals surface area contributed by atoms with Gasteiger partial charge in [0, 0.05) is 32.8 Å². The summed E-state index contributed by atoms with van der Waals surface area (Å²) < 4.78 is 0. The lowest BCUT2D eigenvalue weighted by atomic mass is 10.1. The zero-order chi connectivity index (χ0) is 13.1. The predicted molar refractivity (Wildman–Crippen MR) is 73.3 cm³/mol. The molecule has 0 aliphatic carbocycles. The van der Waals surface area contributed by atoms with Gasteiger partial charge in [-0.3, -0.25) is 4.79 Å². The van der Waals surface area contributed by atoms with Crippen molar-refractivity contribution in [3.63, 3.8) is 0 Å². The average Bonchev–Trinajstić information content (AvgIpc) is 2.77. The quantitative estimate of drug-likeness (QED) is 0.928. The topological polar surface area (TPSA) is 45.2 Å². The molecule has 1 aromatic rings. The highest BCUT2D eigenvalue weighted by Crippen LogP contribution is 2.30. The first kappa shape index (κ1) is 13.4. The molecule has 98 valence electrons. The number of halogens is 2. The van der Waals surface area contributed by atoms with Crippen LogP contribution in [0.25, 0.3) is 0 Å². The van der Waals surface area contributed by atoms with Crippen molar-refractivity contribution >= 4 is 34.9 Å². The number of nitrogens with one attached hydrogen (secondary N) is 1. The van der Waals surface area contributed by atoms with Gasteiger partial charge >= 0.3 is 0 Å². The molecule has 1 aliphatic heterocycles. The number of amides is 1. The van der Waals surface area contributed by atoms with E-state index in [0.717, 1.165) is 25.3 Å². The number of hydrogen-bond acceptors (Lipinski definition) is 3. The third kappa shape index (κ3) is 3.06. The lowest BCUT2D eigenvalue weighted by Crippen LogP contribution is -2.24. The molecule has 1 aromatic heterocycles. The molecule has 1 saturated heterocycles. The van der Waals surface area contributed by atoms with Crippen molar-refractivity contribution in [1.82, 2.24) is 10.3 Å². The Balaban J connectivity index is 2.02. The van der Waals surface area contributed by atoms with Crippen molar-refractivity contribution in [2.45, 2.75) is 12.8 Å². The molecule has 0 aromatic carbocycles. The van der Waals surface area contributed by atoms with Crippen LogP contribution in [0.1, 0.15) is 12.8 Å². The molecule has 1 unspecified atom stereocenters. The summed E-state index contributed by atoms with van der Waals surface area (Å²) in [5.41, 5.74) is 0. The fourth-order valence-electron chi connectivity index (χ4n) is 2.20. The second-order valence-electron chi connectivity index (χ2n) is 4.44. The number of carbonyl (C=O) groups excluding carboxylic acids is 1. The first-order valence-corrected chi connectivity index (χ1v) is 6.62. The van der Waals surface area contributed by atoms with E-state index in [1.165, 1.54) is 0 Å². The van der Waals surface area contributed by atoms with E-state index in [1.54, 1.807) is 19.3 Å². The molecule has 1 aliphatic rings. The summed E-state index contributed by atoms with van der Waals surface area (Å²) in [6.45, 7) is 1.68. The van der Waals surface area contributed by atoms with Crippen molar-refractivity contribution in [3.8, 4) is 0 Å². The second-order valence-corrected chi connectivity index (χ2v) is 5.28. The van der Waals surface area contributed by atoms with E-state index in [1.807, 2.05) is 0 Å². The molecule has 1 atom stereocenters. The fourth-order valence-corrected chi connectivity index (χ4v) is 2.70. The van der Waals surface area contributed by atoms with E-state index in [0.29, 0.717) is 22.4 Å². The Kier molecular flexibility index (Phi) is 4.30. The number of aromatic nitrogens is 1. The normalized spacial score (nSPS) is 19.1. The summed E-state index contributed by atoms with van der Waals surface area (Å²) in [6, 6.07) is 1.69. The molecule has 2 rings (SSSR count). The number of nitrogens with zero attached hydrogens (tertiary/aromatic N) is 2. The predicted octanol–water partition coefficient (Wildman–Crippen LogP) is 2.35. The Morgan fingerprint density at radius 2 is 2.39 bits per heavy atom. The van der Waals surface area contributed by atoms with Gasteiger partial charge in [-0.25, -0.2) is 4.98 Å². The van der Waals surface area contributed by atoms with Gasteiger partial charge in [0.1, 0.15) is 5.82 Å². The monoisotopic (exact) mass is 287 g/mol. The van der Waals surface area contributed by atoms with Gasteiger partial charge in [-0.1, -0.05) is 23.2 Å². The van der Waals surface area contributed by atoms with Gasteiger partial charge in [-0.05, 0) is 18.4 Å². The van der Waals surface area contributed by atoms with Crippen LogP contribution in [0.2, 0.25) is 10.0 Å². The van der Waals surface area contributed by atoms with Crippen LogP contribution >= 0.6 is 23.2 Å². The van der Waals surface area contributed by atoms with Crippen LogP contribution in [0.5, 0.6) is 0 Å². The summed E-state index contributed by atoms with van der Waals surface area (Å²) >= 11 is 11.9. The molecule has 1 amide bonds. The number of carbonyl (C=O) groups is 1. The molecule has 0 bridgehead atoms. The first-order chi connectivity index (χ1) is 8.60. The average molecular weight is 288 g/mol. The van der Waals surface area contributed by atoms with E-state index in [2.05, 4.69) is 15.2 Å². The van der Waals surface area contributed by atoms with E-state index >= 15 is 0 Å². The third-order valence-corrected chi connectivity index (χ3v) is 3.61. The molecule has 6 heteroatoms. The third-order valence-electron chi connectivity index (χ3n) is 3.13. The van der Waals surface area contributed by atoms with Crippen LogP contribution in [0.15, 0.2) is 12.3 Å². The van der Waals surface area contributed by atoms with Gasteiger partial charge in [0.05, 0.1) is 10.0 Å². The number of rotatable bonds is 3. The standard InChI is InChI=1S/C12H15Cl2N3O/c1-15-11(18)4-8-2-3-17(7-8)12-10(14)5-9(13)6-16-12/h5-6,8H,2-4,7H2,1H3,(H,15,18). The van der Waals surface area contributed by atoms with E-state index < -0.39 is 0 Å². The van der Waals surface area contributed by atoms with Crippen LogP contribution in [-0.2, 0) is 4.79 Å². The first-order valence-electron chi connectivity index (χ1n) is 5.86. The number of hydrogen-bond donors (Lipinski definition) is 1. The molecule has 1 N–H and O–H groups in total. The minimum atomic E-state index is 0.0806. The molecule has 1 fully saturated rings. The molecule has 0 radical (unpaired) electrons. The van der Waals surface area contributed by atoms with Crippen molar-refractivity contribution in [1.29, 1.82) is 0 Å². The number of anilines is 1. The minimum absolute atomic E-state index is 0.0806. The summed E-state index contributed by atoms with van der Waals surface area (Å²) in [5, 5.41) is 3.74. The molecule has 0 saturated carbocycles. The van der Waals surface area contributed by atoms with Crippen LogP contribution < -0.4 is 10.2 Å². The van der Waals surface area contributed by atoms with Crippen LogP contribution in [0.4, 0.5) is 5.82 Å². The van der Waals surface area contributed by atoms with Crippen molar-refractivity contribution < 1.29 is 4.79 Å². The highest BCUT2D eigenvalue weighted by atomic mass is 35.5. The van der Waals surface area contributed by atoms with Crippen molar-refractivity contribution in [2.75, 3.05) is 25.0 Å². The lowest BCUT2D eigenvalue weighted by Gasteiger charge is -2.18. The van der Waals surface area contributed by atoms with Crippen LogP contribution in [-0.4, -0.2) is 31.0 Å². The Morgan fingerprint density at radius 3 is 3.06 bits per heavy atom. The van der Waals surface area contributed by atoms with Gasteiger partial charge in [0.2, 0.25) is 5.91 Å². The maximum atomic E-state index is 11.3. The highest BCUT2D eigenvalue weighted by molar-refractivity contribution is 6.36. The van der Waals surface area contributed by atoms with Gasteiger partial charge in [0.15, 0.2) is 0 Å². The minimum Gasteiger partial charge on any atom is -0.359 e. The fraction of sp³-hybridized carbons (Fsp3) is 0.500. The zero-order valence-corrected chi connectivity index (χ0v) is 11.6. The maximum absolute atomic E-state index is 11.3. The summed E-state index contributed by atoms with van der Waals surface area (Å²) in [7, 11) is 1.66. The van der Waals surface area contributed by atoms with E-state index in [9.17, 15) is 4.79 Å². The Bertz CT molecular complexity index is 453. The number of pyridine rings is 1. The Hall–Kier alpha value is -1.000. The zero-order valence-electron chi connectivity index (χ0n) is 10.1. The van der Waals surface area contributed by atoms with Crippen molar-refractivity contribution in [3.05, 3.63) is 22.3 Å². The maximum Gasteiger partial charge on any atom is 0.220 e. The van der Waals surface area contributed by atoms with Gasteiger partial charge < -0.3 is 10.2 Å². The van der Waals surface area contributed by atoms with Gasteiger partial charge in [-0.15, -0.1) is 0 Å². The molecule has 0 spiro atoms. The van der Waals surface area contributed by atoms with Crippen molar-refractivity contribution in [2.24, 2.45) is 5.92 Å². The van der Waals surface area contributed by atoms with Crippen LogP contribution in [0, 0.1) is 5.92 Å². The molecular formula is C12H15Cl2N3O. The van der Waals surface area contributed by atoms with Crippen LogP contribution in [0.3, 0.4) is 0 Å². The lowest BCUT2D eigenvalue weighted by molar-refractivity contribution is -0.121. The summed E-state index contributed by atoms with van der Waals surface area (Å²) in [5.74, 6) is 1.19. The smallest absolute Gasteiger partial charge is 0.220 e. The Morgan fingerprint density at radius 1 is 1.61 bits per heavy atom. The van der Waals surface area contributed by atoms with Gasteiger partial charge in [0.25, 0.3) is 0 Å². The van der Waals surface area contributed by atoms with Gasteiger partial charge in [-0.2, -0.15) is 0 Å². The highest BCUT2D eigenvalue weighted by Gasteiger charge is 2.26. The Labute approximate surface area is 116 Å². The van der Waals surface area contributed by atoms with E-state index in [-0.39, 0.29) is 5.91 Å². The largest absolute Gasteiger partial charge is 0.359 e. The molecule has 2 heterocycles. The molecule has 4 nitrogen and oxygen atoms in total. The SMILES string of the molecule is CNC(=O)CC1CCN(c2ncc(Cl)cc2Cl)C1. The molecular weight excluding hydrogens is 273 g/mol. The summed E-state index contributed by atoms with van der Waals surface area (Å²) in [6.07, 6.45) is 3.13. The van der Waals surface area contributed by atoms with E-state index in [4.69, 9.17) is 23.2 Å². The second kappa shape index (κ2) is 5.76. The summed E-state index contributed by atoms with van der Waals surface area (Å²) in [4.78, 5) is 17.7.